The molecule has 0 saturated carbocycles. The van der Waals surface area contributed by atoms with Crippen molar-refractivity contribution in [1.29, 1.82) is 0 Å². The molecule has 3 heterocycles. The molecule has 1 aromatic heterocycles. The third-order valence-corrected chi connectivity index (χ3v) is 9.44. The lowest BCUT2D eigenvalue weighted by atomic mass is 10.1. The second kappa shape index (κ2) is 8.70. The molecule has 5 rings (SSSR count). The summed E-state index contributed by atoms with van der Waals surface area (Å²) in [5.74, 6) is -0.0597. The Labute approximate surface area is 198 Å². The van der Waals surface area contributed by atoms with Gasteiger partial charge in [-0.1, -0.05) is 17.4 Å². The van der Waals surface area contributed by atoms with Crippen molar-refractivity contribution >= 4 is 42.6 Å². The van der Waals surface area contributed by atoms with E-state index in [9.17, 15) is 13.2 Å². The Hall–Kier alpha value is -2.49. The zero-order valence-electron chi connectivity index (χ0n) is 19.0. The van der Waals surface area contributed by atoms with Gasteiger partial charge in [-0.15, -0.1) is 0 Å². The first-order chi connectivity index (χ1) is 15.8. The van der Waals surface area contributed by atoms with Gasteiger partial charge in [-0.3, -0.25) is 4.79 Å². The highest BCUT2D eigenvalue weighted by atomic mass is 32.2. The molecule has 0 N–H and O–H groups in total. The van der Waals surface area contributed by atoms with Crippen molar-refractivity contribution < 1.29 is 13.2 Å². The van der Waals surface area contributed by atoms with Gasteiger partial charge in [-0.25, -0.2) is 13.4 Å². The van der Waals surface area contributed by atoms with E-state index in [4.69, 9.17) is 4.98 Å². The lowest BCUT2D eigenvalue weighted by Gasteiger charge is -2.34. The SMILES string of the molecule is Cc1cc(C)c2nc(N3CCN(C(=O)c4ccc(S(=O)(=O)N5CCCC5)cc4)CC3)sc2c1. The van der Waals surface area contributed by atoms with Crippen LogP contribution in [0.2, 0.25) is 0 Å². The molecule has 0 spiro atoms. The number of fused-ring (bicyclic) bond motifs is 1. The molecule has 0 unspecified atom stereocenters. The number of benzene rings is 2. The monoisotopic (exact) mass is 484 g/mol. The topological polar surface area (TPSA) is 73.8 Å². The molecule has 0 atom stereocenters. The fraction of sp³-hybridized carbons (Fsp3) is 0.417. The summed E-state index contributed by atoms with van der Waals surface area (Å²) in [6.45, 7) is 8.02. The van der Waals surface area contributed by atoms with Crippen LogP contribution in [0.15, 0.2) is 41.3 Å². The Morgan fingerprint density at radius 1 is 0.939 bits per heavy atom. The van der Waals surface area contributed by atoms with Crippen molar-refractivity contribution in [3.63, 3.8) is 0 Å². The number of anilines is 1. The van der Waals surface area contributed by atoms with E-state index >= 15 is 0 Å². The number of aromatic nitrogens is 1. The van der Waals surface area contributed by atoms with Gasteiger partial charge < -0.3 is 9.80 Å². The molecule has 2 aromatic carbocycles. The molecule has 2 aliphatic heterocycles. The van der Waals surface area contributed by atoms with Crippen molar-refractivity contribution in [2.24, 2.45) is 0 Å². The molecule has 2 saturated heterocycles. The van der Waals surface area contributed by atoms with Crippen LogP contribution in [-0.2, 0) is 10.0 Å². The summed E-state index contributed by atoms with van der Waals surface area (Å²) >= 11 is 1.70. The maximum Gasteiger partial charge on any atom is 0.253 e. The number of thiazole rings is 1. The zero-order valence-corrected chi connectivity index (χ0v) is 20.6. The molecule has 1 amide bonds. The number of piperazine rings is 1. The molecule has 174 valence electrons. The van der Waals surface area contributed by atoms with Crippen LogP contribution in [0.1, 0.15) is 34.3 Å². The van der Waals surface area contributed by atoms with Gasteiger partial charge in [0.05, 0.1) is 15.1 Å². The van der Waals surface area contributed by atoms with Crippen molar-refractivity contribution in [1.82, 2.24) is 14.2 Å². The highest BCUT2D eigenvalue weighted by Crippen LogP contribution is 2.32. The van der Waals surface area contributed by atoms with Gasteiger partial charge >= 0.3 is 0 Å². The minimum absolute atomic E-state index is 0.0597. The predicted molar refractivity (Wildman–Crippen MR) is 132 cm³/mol. The summed E-state index contributed by atoms with van der Waals surface area (Å²) in [6, 6.07) is 10.7. The molecule has 0 bridgehead atoms. The van der Waals surface area contributed by atoms with E-state index < -0.39 is 10.0 Å². The standard InChI is InChI=1S/C24H28N4O3S2/c1-17-15-18(2)22-21(16-17)32-24(25-22)27-13-11-26(12-14-27)23(29)19-5-7-20(8-6-19)33(30,31)28-9-3-4-10-28/h5-8,15-16H,3-4,9-14H2,1-2H3. The maximum atomic E-state index is 13.0. The molecule has 0 aliphatic carbocycles. The van der Waals surface area contributed by atoms with E-state index in [0.29, 0.717) is 31.7 Å². The smallest absolute Gasteiger partial charge is 0.253 e. The summed E-state index contributed by atoms with van der Waals surface area (Å²) in [7, 11) is -3.47. The minimum atomic E-state index is -3.47. The number of carbonyl (C=O) groups is 1. The number of amides is 1. The van der Waals surface area contributed by atoms with Crippen LogP contribution in [0.5, 0.6) is 0 Å². The van der Waals surface area contributed by atoms with Crippen LogP contribution in [-0.4, -0.2) is 67.8 Å². The zero-order chi connectivity index (χ0) is 23.2. The lowest BCUT2D eigenvalue weighted by molar-refractivity contribution is 0.0746. The van der Waals surface area contributed by atoms with Gasteiger partial charge in [-0.05, 0) is 68.1 Å². The molecule has 7 nitrogen and oxygen atoms in total. The number of aryl methyl sites for hydroxylation is 2. The summed E-state index contributed by atoms with van der Waals surface area (Å²) < 4.78 is 28.1. The molecule has 2 aliphatic rings. The van der Waals surface area contributed by atoms with E-state index in [1.807, 2.05) is 4.90 Å². The maximum absolute atomic E-state index is 13.0. The number of sulfonamides is 1. The lowest BCUT2D eigenvalue weighted by Crippen LogP contribution is -2.48. The van der Waals surface area contributed by atoms with Crippen molar-refractivity contribution in [2.45, 2.75) is 31.6 Å². The van der Waals surface area contributed by atoms with Crippen LogP contribution < -0.4 is 4.90 Å². The number of carbonyl (C=O) groups excluding carboxylic acids is 1. The van der Waals surface area contributed by atoms with Gasteiger partial charge in [0.25, 0.3) is 5.91 Å². The first kappa shape index (κ1) is 22.3. The third-order valence-electron chi connectivity index (χ3n) is 6.46. The molecular weight excluding hydrogens is 456 g/mol. The van der Waals surface area contributed by atoms with Gasteiger partial charge in [0, 0.05) is 44.8 Å². The Bertz CT molecular complexity index is 1290. The minimum Gasteiger partial charge on any atom is -0.345 e. The normalized spacial score (nSPS) is 17.8. The quantitative estimate of drug-likeness (QED) is 0.565. The molecular formula is C24H28N4O3S2. The van der Waals surface area contributed by atoms with Crippen LogP contribution in [0.4, 0.5) is 5.13 Å². The highest BCUT2D eigenvalue weighted by Gasteiger charge is 2.28. The van der Waals surface area contributed by atoms with Gasteiger partial charge in [-0.2, -0.15) is 4.31 Å². The summed E-state index contributed by atoms with van der Waals surface area (Å²) in [5.41, 5.74) is 4.01. The first-order valence-electron chi connectivity index (χ1n) is 11.4. The number of rotatable bonds is 4. The largest absolute Gasteiger partial charge is 0.345 e. The first-order valence-corrected chi connectivity index (χ1v) is 13.6. The summed E-state index contributed by atoms with van der Waals surface area (Å²) in [6.07, 6.45) is 1.80. The van der Waals surface area contributed by atoms with Crippen molar-refractivity contribution in [3.8, 4) is 0 Å². The predicted octanol–water partition coefficient (Wildman–Crippen LogP) is 3.66. The molecule has 33 heavy (non-hydrogen) atoms. The number of hydrogen-bond acceptors (Lipinski definition) is 6. The Kier molecular flexibility index (Phi) is 5.88. The average Bonchev–Trinajstić information content (AvgIpc) is 3.50. The Balaban J connectivity index is 1.25. The van der Waals surface area contributed by atoms with E-state index in [1.54, 1.807) is 35.6 Å². The van der Waals surface area contributed by atoms with Gasteiger partial charge in [0.2, 0.25) is 10.0 Å². The van der Waals surface area contributed by atoms with Gasteiger partial charge in [0.1, 0.15) is 0 Å². The van der Waals surface area contributed by atoms with Crippen molar-refractivity contribution in [2.75, 3.05) is 44.2 Å². The highest BCUT2D eigenvalue weighted by molar-refractivity contribution is 7.89. The number of hydrogen-bond donors (Lipinski definition) is 0. The number of nitrogens with zero attached hydrogens (tertiary/aromatic N) is 4. The molecule has 3 aromatic rings. The third kappa shape index (κ3) is 4.25. The fourth-order valence-electron chi connectivity index (χ4n) is 4.62. The van der Waals surface area contributed by atoms with Crippen LogP contribution in [0, 0.1) is 13.8 Å². The van der Waals surface area contributed by atoms with Crippen molar-refractivity contribution in [3.05, 3.63) is 53.1 Å². The van der Waals surface area contributed by atoms with E-state index in [0.717, 1.165) is 36.6 Å². The van der Waals surface area contributed by atoms with Crippen LogP contribution in [0.25, 0.3) is 10.2 Å². The molecule has 0 radical (unpaired) electrons. The molecule has 2 fully saturated rings. The second-order valence-electron chi connectivity index (χ2n) is 8.84. The van der Waals surface area contributed by atoms with Crippen LogP contribution >= 0.6 is 11.3 Å². The second-order valence-corrected chi connectivity index (χ2v) is 11.8. The average molecular weight is 485 g/mol. The fourth-order valence-corrected chi connectivity index (χ4v) is 7.34. The molecule has 9 heteroatoms. The Morgan fingerprint density at radius 3 is 2.27 bits per heavy atom. The summed E-state index contributed by atoms with van der Waals surface area (Å²) in [5, 5.41) is 1.00. The summed E-state index contributed by atoms with van der Waals surface area (Å²) in [4.78, 5) is 22.2. The van der Waals surface area contributed by atoms with Crippen LogP contribution in [0.3, 0.4) is 0 Å². The van der Waals surface area contributed by atoms with E-state index in [2.05, 4.69) is 30.9 Å². The van der Waals surface area contributed by atoms with E-state index in [-0.39, 0.29) is 10.8 Å². The van der Waals surface area contributed by atoms with E-state index in [1.165, 1.54) is 20.1 Å². The van der Waals surface area contributed by atoms with Gasteiger partial charge in [0.15, 0.2) is 5.13 Å². The Morgan fingerprint density at radius 2 is 1.61 bits per heavy atom.